The summed E-state index contributed by atoms with van der Waals surface area (Å²) in [4.78, 5) is 23.9. The summed E-state index contributed by atoms with van der Waals surface area (Å²) in [7, 11) is 0. The Hall–Kier alpha value is -1.59. The molecule has 5 nitrogen and oxygen atoms in total. The Balaban J connectivity index is 2.56. The van der Waals surface area contributed by atoms with Crippen LogP contribution in [0.4, 0.5) is 9.18 Å². The third-order valence-electron chi connectivity index (χ3n) is 2.57. The molecule has 1 aliphatic rings. The van der Waals surface area contributed by atoms with Gasteiger partial charge in [-0.3, -0.25) is 0 Å². The van der Waals surface area contributed by atoms with E-state index < -0.39 is 18.2 Å². The Morgan fingerprint density at radius 2 is 2.06 bits per heavy atom. The fraction of sp³-hybridized carbons (Fsp3) is 0.667. The summed E-state index contributed by atoms with van der Waals surface area (Å²) in [6.45, 7) is 4.18. The number of halogens is 1. The average Bonchev–Trinajstić information content (AvgIpc) is 2.32. The third kappa shape index (κ3) is 4.01. The van der Waals surface area contributed by atoms with E-state index in [9.17, 15) is 14.0 Å². The van der Waals surface area contributed by atoms with E-state index in [0.29, 0.717) is 18.5 Å². The summed E-state index contributed by atoms with van der Waals surface area (Å²) < 4.78 is 23.3. The first-order valence-electron chi connectivity index (χ1n) is 6.01. The third-order valence-corrected chi connectivity index (χ3v) is 2.57. The number of amides is 1. The maximum Gasteiger partial charge on any atom is 0.409 e. The quantitative estimate of drug-likeness (QED) is 0.571. The minimum atomic E-state index is -1.34. The van der Waals surface area contributed by atoms with Crippen molar-refractivity contribution in [3.63, 3.8) is 0 Å². The van der Waals surface area contributed by atoms with Crippen LogP contribution in [0.3, 0.4) is 0 Å². The fourth-order valence-corrected chi connectivity index (χ4v) is 1.70. The van der Waals surface area contributed by atoms with Crippen LogP contribution < -0.4 is 0 Å². The Morgan fingerprint density at radius 1 is 1.39 bits per heavy atom. The molecule has 0 spiro atoms. The van der Waals surface area contributed by atoms with E-state index in [-0.39, 0.29) is 19.8 Å². The lowest BCUT2D eigenvalue weighted by Gasteiger charge is -2.29. The fourth-order valence-electron chi connectivity index (χ4n) is 1.70. The minimum Gasteiger partial charge on any atom is -0.463 e. The van der Waals surface area contributed by atoms with E-state index in [2.05, 4.69) is 0 Å². The van der Waals surface area contributed by atoms with Crippen molar-refractivity contribution in [2.45, 2.75) is 26.4 Å². The van der Waals surface area contributed by atoms with E-state index in [4.69, 9.17) is 9.47 Å². The number of likely N-dealkylation sites (tertiary alicyclic amines) is 1. The summed E-state index contributed by atoms with van der Waals surface area (Å²) in [5.41, 5.74) is 0.369. The Labute approximate surface area is 106 Å². The van der Waals surface area contributed by atoms with Crippen molar-refractivity contribution in [2.75, 3.05) is 26.3 Å². The molecule has 1 rings (SSSR count). The van der Waals surface area contributed by atoms with Crippen LogP contribution >= 0.6 is 0 Å². The van der Waals surface area contributed by atoms with Gasteiger partial charge in [0.25, 0.3) is 0 Å². The van der Waals surface area contributed by atoms with Gasteiger partial charge in [0.1, 0.15) is 6.17 Å². The molecular formula is C12H18FNO4. The second kappa shape index (κ2) is 6.98. The van der Waals surface area contributed by atoms with E-state index in [0.717, 1.165) is 0 Å². The van der Waals surface area contributed by atoms with Crippen molar-refractivity contribution < 1.29 is 23.5 Å². The van der Waals surface area contributed by atoms with Gasteiger partial charge in [0, 0.05) is 12.6 Å². The Morgan fingerprint density at radius 3 is 2.61 bits per heavy atom. The number of hydrogen-bond donors (Lipinski definition) is 0. The molecule has 0 saturated carbocycles. The molecule has 0 aromatic heterocycles. The molecule has 0 radical (unpaired) electrons. The van der Waals surface area contributed by atoms with Crippen molar-refractivity contribution in [1.29, 1.82) is 0 Å². The molecule has 1 unspecified atom stereocenters. The van der Waals surface area contributed by atoms with Crippen LogP contribution in [0.25, 0.3) is 0 Å². The zero-order valence-electron chi connectivity index (χ0n) is 10.6. The highest BCUT2D eigenvalue weighted by Gasteiger charge is 2.28. The molecule has 1 heterocycles. The number of piperidine rings is 1. The van der Waals surface area contributed by atoms with Gasteiger partial charge in [0.05, 0.1) is 19.8 Å². The standard InChI is InChI=1S/C12H18FNO4/c1-3-17-11(15)7-9-5-6-14(8-10(9)13)12(16)18-4-2/h7,10H,3-6,8H2,1-2H3. The maximum atomic E-state index is 13.8. The summed E-state index contributed by atoms with van der Waals surface area (Å²) in [5, 5.41) is 0. The van der Waals surface area contributed by atoms with Gasteiger partial charge in [-0.15, -0.1) is 0 Å². The van der Waals surface area contributed by atoms with Crippen molar-refractivity contribution in [1.82, 2.24) is 4.90 Å². The van der Waals surface area contributed by atoms with Crippen LogP contribution in [-0.2, 0) is 14.3 Å². The number of esters is 1. The normalized spacial score (nSPS) is 21.8. The molecular weight excluding hydrogens is 241 g/mol. The number of ether oxygens (including phenoxy) is 2. The van der Waals surface area contributed by atoms with Crippen LogP contribution in [0.5, 0.6) is 0 Å². The summed E-state index contributed by atoms with van der Waals surface area (Å²) >= 11 is 0. The summed E-state index contributed by atoms with van der Waals surface area (Å²) in [6, 6.07) is 0. The van der Waals surface area contributed by atoms with Crippen LogP contribution in [0.15, 0.2) is 11.6 Å². The second-order valence-electron chi connectivity index (χ2n) is 3.83. The second-order valence-corrected chi connectivity index (χ2v) is 3.83. The monoisotopic (exact) mass is 259 g/mol. The molecule has 1 aliphatic heterocycles. The van der Waals surface area contributed by atoms with Crippen LogP contribution in [0, 0.1) is 0 Å². The molecule has 102 valence electrons. The molecule has 6 heteroatoms. The van der Waals surface area contributed by atoms with Gasteiger partial charge in [0.2, 0.25) is 0 Å². The zero-order valence-corrected chi connectivity index (χ0v) is 10.6. The molecule has 1 saturated heterocycles. The highest BCUT2D eigenvalue weighted by Crippen LogP contribution is 2.20. The van der Waals surface area contributed by atoms with Crippen LogP contribution in [-0.4, -0.2) is 49.4 Å². The molecule has 1 fully saturated rings. The summed E-state index contributed by atoms with van der Waals surface area (Å²) in [5.74, 6) is -0.542. The number of carbonyl (C=O) groups excluding carboxylic acids is 2. The SMILES string of the molecule is CCOC(=O)C=C1CCN(C(=O)OCC)CC1F. The predicted molar refractivity (Wildman–Crippen MR) is 62.8 cm³/mol. The molecule has 0 bridgehead atoms. The lowest BCUT2D eigenvalue weighted by Crippen LogP contribution is -2.42. The number of rotatable bonds is 3. The first-order chi connectivity index (χ1) is 8.58. The van der Waals surface area contributed by atoms with E-state index in [1.54, 1.807) is 13.8 Å². The lowest BCUT2D eigenvalue weighted by molar-refractivity contribution is -0.137. The Kier molecular flexibility index (Phi) is 5.61. The number of carbonyl (C=O) groups is 2. The van der Waals surface area contributed by atoms with Crippen molar-refractivity contribution in [3.05, 3.63) is 11.6 Å². The number of nitrogens with zero attached hydrogens (tertiary/aromatic N) is 1. The van der Waals surface area contributed by atoms with Gasteiger partial charge in [-0.1, -0.05) is 0 Å². The first-order valence-corrected chi connectivity index (χ1v) is 6.01. The molecule has 18 heavy (non-hydrogen) atoms. The van der Waals surface area contributed by atoms with E-state index >= 15 is 0 Å². The van der Waals surface area contributed by atoms with E-state index in [1.807, 2.05) is 0 Å². The van der Waals surface area contributed by atoms with Crippen molar-refractivity contribution >= 4 is 12.1 Å². The highest BCUT2D eigenvalue weighted by atomic mass is 19.1. The number of alkyl halides is 1. The molecule has 1 atom stereocenters. The Bertz CT molecular complexity index is 343. The molecule has 0 aromatic rings. The topological polar surface area (TPSA) is 55.8 Å². The van der Waals surface area contributed by atoms with Crippen LogP contribution in [0.2, 0.25) is 0 Å². The van der Waals surface area contributed by atoms with Gasteiger partial charge in [-0.25, -0.2) is 14.0 Å². The van der Waals surface area contributed by atoms with Crippen molar-refractivity contribution in [2.24, 2.45) is 0 Å². The molecule has 0 N–H and O–H groups in total. The smallest absolute Gasteiger partial charge is 0.409 e. The minimum absolute atomic E-state index is 0.0793. The average molecular weight is 259 g/mol. The predicted octanol–water partition coefficient (Wildman–Crippen LogP) is 1.68. The largest absolute Gasteiger partial charge is 0.463 e. The van der Waals surface area contributed by atoms with E-state index in [1.165, 1.54) is 11.0 Å². The lowest BCUT2D eigenvalue weighted by atomic mass is 10.0. The number of hydrogen-bond acceptors (Lipinski definition) is 4. The van der Waals surface area contributed by atoms with Crippen LogP contribution in [0.1, 0.15) is 20.3 Å². The van der Waals surface area contributed by atoms with Gasteiger partial charge in [-0.05, 0) is 25.8 Å². The molecule has 0 aromatic carbocycles. The maximum absolute atomic E-state index is 13.8. The zero-order chi connectivity index (χ0) is 13.5. The van der Waals surface area contributed by atoms with Gasteiger partial charge in [-0.2, -0.15) is 0 Å². The van der Waals surface area contributed by atoms with Gasteiger partial charge < -0.3 is 14.4 Å². The van der Waals surface area contributed by atoms with Gasteiger partial charge in [0.15, 0.2) is 0 Å². The molecule has 1 amide bonds. The molecule has 0 aliphatic carbocycles. The summed E-state index contributed by atoms with van der Waals surface area (Å²) in [6.07, 6.45) is -0.363. The van der Waals surface area contributed by atoms with Gasteiger partial charge >= 0.3 is 12.1 Å². The van der Waals surface area contributed by atoms with Crippen molar-refractivity contribution in [3.8, 4) is 0 Å². The first kappa shape index (κ1) is 14.5. The highest BCUT2D eigenvalue weighted by molar-refractivity contribution is 5.83.